The number of nitrogens with one attached hydrogen (secondary N) is 1. The first-order valence-corrected chi connectivity index (χ1v) is 7.16. The Hall–Kier alpha value is -1.12. The Labute approximate surface area is 114 Å². The summed E-state index contributed by atoms with van der Waals surface area (Å²) < 4.78 is 5.29. The number of hydrogen-bond donors (Lipinski definition) is 1. The summed E-state index contributed by atoms with van der Waals surface area (Å²) in [5.74, 6) is 0.425. The normalized spacial score (nSPS) is 31.3. The summed E-state index contributed by atoms with van der Waals surface area (Å²) >= 11 is 0. The molecule has 0 radical (unpaired) electrons. The van der Waals surface area contributed by atoms with Crippen molar-refractivity contribution < 1.29 is 9.53 Å². The molecule has 2 fully saturated rings. The Morgan fingerprint density at radius 1 is 1.47 bits per heavy atom. The van der Waals surface area contributed by atoms with Crippen molar-refractivity contribution in [2.45, 2.75) is 26.2 Å². The molecule has 1 aliphatic heterocycles. The predicted octanol–water partition coefficient (Wildman–Crippen LogP) is 0.765. The lowest BCUT2D eigenvalue weighted by molar-refractivity contribution is -0.133. The smallest absolute Gasteiger partial charge is 0.240 e. The largest absolute Gasteiger partial charge is 0.379 e. The van der Waals surface area contributed by atoms with Gasteiger partial charge in [-0.3, -0.25) is 9.69 Å². The fourth-order valence-corrected chi connectivity index (χ4v) is 2.96. The van der Waals surface area contributed by atoms with Crippen LogP contribution in [-0.4, -0.2) is 50.2 Å². The first-order valence-electron chi connectivity index (χ1n) is 7.16. The second kappa shape index (κ2) is 6.36. The van der Waals surface area contributed by atoms with Crippen molar-refractivity contribution in [3.8, 4) is 6.07 Å². The molecule has 5 nitrogen and oxygen atoms in total. The summed E-state index contributed by atoms with van der Waals surface area (Å²) in [6.07, 6.45) is 2.35. The highest BCUT2D eigenvalue weighted by atomic mass is 16.5. The molecule has 0 aromatic heterocycles. The van der Waals surface area contributed by atoms with Crippen LogP contribution in [-0.2, 0) is 9.53 Å². The minimum atomic E-state index is -0.738. The highest BCUT2D eigenvalue weighted by molar-refractivity contribution is 5.86. The number of carbonyl (C=O) groups excluding carboxylic acids is 1. The molecule has 0 aromatic carbocycles. The van der Waals surface area contributed by atoms with Gasteiger partial charge in [-0.2, -0.15) is 5.26 Å². The van der Waals surface area contributed by atoms with Crippen LogP contribution in [0, 0.1) is 22.7 Å². The first kappa shape index (κ1) is 14.3. The molecule has 2 aliphatic rings. The molecule has 1 N–H and O–H groups in total. The van der Waals surface area contributed by atoms with Crippen molar-refractivity contribution in [3.63, 3.8) is 0 Å². The van der Waals surface area contributed by atoms with Crippen molar-refractivity contribution in [2.24, 2.45) is 11.3 Å². The van der Waals surface area contributed by atoms with Crippen LogP contribution in [0.3, 0.4) is 0 Å². The zero-order valence-electron chi connectivity index (χ0n) is 11.7. The molecule has 1 saturated heterocycles. The van der Waals surface area contributed by atoms with Gasteiger partial charge in [0.1, 0.15) is 5.41 Å². The summed E-state index contributed by atoms with van der Waals surface area (Å²) in [5.41, 5.74) is -0.738. The average Bonchev–Trinajstić information content (AvgIpc) is 2.40. The molecule has 1 amide bonds. The molecule has 106 valence electrons. The lowest BCUT2D eigenvalue weighted by Crippen LogP contribution is -2.48. The van der Waals surface area contributed by atoms with Gasteiger partial charge in [0, 0.05) is 19.6 Å². The topological polar surface area (TPSA) is 65.4 Å². The van der Waals surface area contributed by atoms with E-state index in [4.69, 9.17) is 10.00 Å². The quantitative estimate of drug-likeness (QED) is 0.746. The number of hydrogen-bond acceptors (Lipinski definition) is 4. The van der Waals surface area contributed by atoms with Gasteiger partial charge < -0.3 is 10.1 Å². The third kappa shape index (κ3) is 3.46. The van der Waals surface area contributed by atoms with E-state index in [0.717, 1.165) is 39.3 Å². The number of morpholine rings is 1. The van der Waals surface area contributed by atoms with E-state index in [2.05, 4.69) is 23.2 Å². The molecular formula is C14H23N3O2. The van der Waals surface area contributed by atoms with E-state index in [-0.39, 0.29) is 5.91 Å². The molecule has 5 heteroatoms. The van der Waals surface area contributed by atoms with Crippen molar-refractivity contribution in [2.75, 3.05) is 39.4 Å². The molecule has 0 bridgehead atoms. The van der Waals surface area contributed by atoms with Gasteiger partial charge in [0.15, 0.2) is 0 Å². The number of nitrogens with zero attached hydrogens (tertiary/aromatic N) is 2. The van der Waals surface area contributed by atoms with E-state index in [9.17, 15) is 4.79 Å². The maximum atomic E-state index is 12.0. The van der Waals surface area contributed by atoms with E-state index in [0.29, 0.717) is 25.3 Å². The van der Waals surface area contributed by atoms with Crippen LogP contribution < -0.4 is 5.32 Å². The second-order valence-corrected chi connectivity index (χ2v) is 5.77. The zero-order valence-corrected chi connectivity index (χ0v) is 11.7. The summed E-state index contributed by atoms with van der Waals surface area (Å²) in [6.45, 7) is 7.31. The highest BCUT2D eigenvalue weighted by Gasteiger charge is 2.48. The van der Waals surface area contributed by atoms with Crippen LogP contribution >= 0.6 is 0 Å². The highest BCUT2D eigenvalue weighted by Crippen LogP contribution is 2.44. The summed E-state index contributed by atoms with van der Waals surface area (Å²) in [5, 5.41) is 12.1. The number of ether oxygens (including phenoxy) is 1. The SMILES string of the molecule is CC1CC(C#N)(C(=O)NCCCN2CCOCC2)C1. The van der Waals surface area contributed by atoms with E-state index < -0.39 is 5.41 Å². The third-order valence-electron chi connectivity index (χ3n) is 4.08. The molecular weight excluding hydrogens is 242 g/mol. The van der Waals surface area contributed by atoms with E-state index in [1.165, 1.54) is 0 Å². The van der Waals surface area contributed by atoms with E-state index in [1.807, 2.05) is 0 Å². The first-order chi connectivity index (χ1) is 9.16. The fourth-order valence-electron chi connectivity index (χ4n) is 2.96. The summed E-state index contributed by atoms with van der Waals surface area (Å²) in [7, 11) is 0. The molecule has 0 unspecified atom stereocenters. The lowest BCUT2D eigenvalue weighted by atomic mass is 9.63. The van der Waals surface area contributed by atoms with Gasteiger partial charge in [0.05, 0.1) is 19.3 Å². The molecule has 1 aliphatic carbocycles. The molecule has 2 rings (SSSR count). The maximum absolute atomic E-state index is 12.0. The molecule has 0 spiro atoms. The summed E-state index contributed by atoms with van der Waals surface area (Å²) in [6, 6.07) is 2.20. The van der Waals surface area contributed by atoms with Gasteiger partial charge in [-0.1, -0.05) is 6.92 Å². The minimum Gasteiger partial charge on any atom is -0.379 e. The Morgan fingerprint density at radius 3 is 2.74 bits per heavy atom. The lowest BCUT2D eigenvalue weighted by Gasteiger charge is -2.39. The zero-order chi connectivity index (χ0) is 13.7. The van der Waals surface area contributed by atoms with Crippen molar-refractivity contribution in [1.29, 1.82) is 5.26 Å². The van der Waals surface area contributed by atoms with E-state index >= 15 is 0 Å². The Balaban J connectivity index is 1.63. The molecule has 1 saturated carbocycles. The molecule has 1 heterocycles. The molecule has 0 atom stereocenters. The van der Waals surface area contributed by atoms with Crippen LogP contribution in [0.25, 0.3) is 0 Å². The minimum absolute atomic E-state index is 0.0740. The Kier molecular flexibility index (Phi) is 4.78. The van der Waals surface area contributed by atoms with Gasteiger partial charge >= 0.3 is 0 Å². The Bertz CT molecular complexity index is 352. The van der Waals surface area contributed by atoms with Crippen molar-refractivity contribution in [1.82, 2.24) is 10.2 Å². The van der Waals surface area contributed by atoms with Crippen LogP contribution in [0.15, 0.2) is 0 Å². The Morgan fingerprint density at radius 2 is 2.16 bits per heavy atom. The second-order valence-electron chi connectivity index (χ2n) is 5.77. The summed E-state index contributed by atoms with van der Waals surface area (Å²) in [4.78, 5) is 14.4. The fraction of sp³-hybridized carbons (Fsp3) is 0.857. The van der Waals surface area contributed by atoms with Gasteiger partial charge in [0.25, 0.3) is 0 Å². The van der Waals surface area contributed by atoms with Crippen LogP contribution in [0.2, 0.25) is 0 Å². The number of carbonyl (C=O) groups is 1. The maximum Gasteiger partial charge on any atom is 0.240 e. The predicted molar refractivity (Wildman–Crippen MR) is 71.3 cm³/mol. The third-order valence-corrected chi connectivity index (χ3v) is 4.08. The standard InChI is InChI=1S/C14H23N3O2/c1-12-9-14(10-12,11-15)13(18)16-3-2-4-17-5-7-19-8-6-17/h12H,2-10H2,1H3,(H,16,18). The van der Waals surface area contributed by atoms with Gasteiger partial charge in [-0.05, 0) is 31.7 Å². The van der Waals surface area contributed by atoms with Gasteiger partial charge in [0.2, 0.25) is 5.91 Å². The number of rotatable bonds is 5. The number of nitriles is 1. The monoisotopic (exact) mass is 265 g/mol. The van der Waals surface area contributed by atoms with E-state index in [1.54, 1.807) is 0 Å². The average molecular weight is 265 g/mol. The molecule has 19 heavy (non-hydrogen) atoms. The van der Waals surface area contributed by atoms with Crippen LogP contribution in [0.5, 0.6) is 0 Å². The van der Waals surface area contributed by atoms with Crippen LogP contribution in [0.1, 0.15) is 26.2 Å². The van der Waals surface area contributed by atoms with Crippen molar-refractivity contribution >= 4 is 5.91 Å². The van der Waals surface area contributed by atoms with Crippen LogP contribution in [0.4, 0.5) is 0 Å². The van der Waals surface area contributed by atoms with Crippen molar-refractivity contribution in [3.05, 3.63) is 0 Å². The number of amides is 1. The van der Waals surface area contributed by atoms with Gasteiger partial charge in [-0.25, -0.2) is 0 Å². The molecule has 0 aromatic rings. The van der Waals surface area contributed by atoms with Gasteiger partial charge in [-0.15, -0.1) is 0 Å².